The predicted octanol–water partition coefficient (Wildman–Crippen LogP) is 1.37. The van der Waals surface area contributed by atoms with Crippen molar-refractivity contribution >= 4 is 11.7 Å². The zero-order valence-corrected chi connectivity index (χ0v) is 7.49. The van der Waals surface area contributed by atoms with E-state index in [4.69, 9.17) is 10.5 Å². The summed E-state index contributed by atoms with van der Waals surface area (Å²) in [6.07, 6.45) is 2.63. The van der Waals surface area contributed by atoms with E-state index in [1.165, 1.54) is 6.20 Å². The summed E-state index contributed by atoms with van der Waals surface area (Å²) in [6.45, 7) is 1.91. The number of nitrogens with zero attached hydrogens (tertiary/aromatic N) is 1. The second kappa shape index (κ2) is 4.45. The SMILES string of the molecule is CCCC(=O)Oc1ccc(N)cn1. The number of hydrogen-bond donors (Lipinski definition) is 1. The summed E-state index contributed by atoms with van der Waals surface area (Å²) in [7, 11) is 0. The average molecular weight is 180 g/mol. The number of pyridine rings is 1. The van der Waals surface area contributed by atoms with Gasteiger partial charge in [-0.05, 0) is 12.5 Å². The van der Waals surface area contributed by atoms with Gasteiger partial charge in [0.05, 0.1) is 11.9 Å². The molecule has 1 rings (SSSR count). The van der Waals surface area contributed by atoms with Crippen LogP contribution in [0.1, 0.15) is 19.8 Å². The lowest BCUT2D eigenvalue weighted by molar-refractivity contribution is -0.134. The van der Waals surface area contributed by atoms with Gasteiger partial charge >= 0.3 is 5.97 Å². The van der Waals surface area contributed by atoms with E-state index in [1.807, 2.05) is 6.92 Å². The number of aromatic nitrogens is 1. The van der Waals surface area contributed by atoms with E-state index in [0.717, 1.165) is 6.42 Å². The summed E-state index contributed by atoms with van der Waals surface area (Å²) < 4.78 is 4.90. The number of ether oxygens (including phenoxy) is 1. The molecule has 0 amide bonds. The van der Waals surface area contributed by atoms with E-state index >= 15 is 0 Å². The van der Waals surface area contributed by atoms with Gasteiger partial charge in [-0.3, -0.25) is 4.79 Å². The molecule has 0 aliphatic carbocycles. The fourth-order valence-electron chi connectivity index (χ4n) is 0.824. The largest absolute Gasteiger partial charge is 0.407 e. The van der Waals surface area contributed by atoms with Gasteiger partial charge in [-0.15, -0.1) is 0 Å². The van der Waals surface area contributed by atoms with Gasteiger partial charge in [0.2, 0.25) is 5.88 Å². The van der Waals surface area contributed by atoms with Gasteiger partial charge < -0.3 is 10.5 Å². The summed E-state index contributed by atoms with van der Waals surface area (Å²) >= 11 is 0. The maximum absolute atomic E-state index is 11.0. The summed E-state index contributed by atoms with van der Waals surface area (Å²) in [5.41, 5.74) is 5.96. The van der Waals surface area contributed by atoms with Crippen LogP contribution in [0, 0.1) is 0 Å². The van der Waals surface area contributed by atoms with E-state index in [0.29, 0.717) is 18.0 Å². The molecule has 0 bridgehead atoms. The summed E-state index contributed by atoms with van der Waals surface area (Å²) in [5.74, 6) is 0.0346. The number of hydrogen-bond acceptors (Lipinski definition) is 4. The molecule has 0 aliphatic heterocycles. The highest BCUT2D eigenvalue weighted by molar-refractivity contribution is 5.71. The molecule has 4 nitrogen and oxygen atoms in total. The van der Waals surface area contributed by atoms with Gasteiger partial charge in [-0.25, -0.2) is 4.98 Å². The predicted molar refractivity (Wildman–Crippen MR) is 49.2 cm³/mol. The third-order valence-electron chi connectivity index (χ3n) is 1.43. The summed E-state index contributed by atoms with van der Waals surface area (Å²) in [5, 5.41) is 0. The Balaban J connectivity index is 2.54. The molecule has 0 fully saturated rings. The van der Waals surface area contributed by atoms with Crippen molar-refractivity contribution in [3.05, 3.63) is 18.3 Å². The molecule has 13 heavy (non-hydrogen) atoms. The molecule has 0 saturated carbocycles. The van der Waals surface area contributed by atoms with Crippen LogP contribution in [0.15, 0.2) is 18.3 Å². The Hall–Kier alpha value is -1.58. The van der Waals surface area contributed by atoms with Gasteiger partial charge in [0.1, 0.15) is 0 Å². The maximum Gasteiger partial charge on any atom is 0.312 e. The second-order valence-corrected chi connectivity index (χ2v) is 2.65. The first kappa shape index (κ1) is 9.51. The molecule has 0 aliphatic rings. The lowest BCUT2D eigenvalue weighted by atomic mass is 10.3. The quantitative estimate of drug-likeness (QED) is 0.713. The Kier molecular flexibility index (Phi) is 3.25. The maximum atomic E-state index is 11.0. The highest BCUT2D eigenvalue weighted by Gasteiger charge is 2.03. The molecule has 0 aromatic carbocycles. The van der Waals surface area contributed by atoms with E-state index in [-0.39, 0.29) is 5.97 Å². The minimum absolute atomic E-state index is 0.264. The van der Waals surface area contributed by atoms with Crippen LogP contribution in [0.25, 0.3) is 0 Å². The average Bonchev–Trinajstić information content (AvgIpc) is 2.09. The number of nitrogens with two attached hydrogens (primary N) is 1. The molecule has 1 aromatic rings. The molecule has 0 atom stereocenters. The number of anilines is 1. The molecule has 0 saturated heterocycles. The van der Waals surface area contributed by atoms with Crippen LogP contribution in [-0.2, 0) is 4.79 Å². The van der Waals surface area contributed by atoms with Crippen molar-refractivity contribution in [1.29, 1.82) is 0 Å². The lowest BCUT2D eigenvalue weighted by Gasteiger charge is -2.01. The molecule has 0 radical (unpaired) electrons. The first-order chi connectivity index (χ1) is 6.22. The Labute approximate surface area is 76.7 Å². The minimum atomic E-state index is -0.264. The van der Waals surface area contributed by atoms with Crippen molar-refractivity contribution < 1.29 is 9.53 Å². The minimum Gasteiger partial charge on any atom is -0.407 e. The number of carbonyl (C=O) groups is 1. The lowest BCUT2D eigenvalue weighted by Crippen LogP contribution is -2.07. The van der Waals surface area contributed by atoms with Crippen molar-refractivity contribution in [2.45, 2.75) is 19.8 Å². The Morgan fingerprint density at radius 3 is 2.92 bits per heavy atom. The van der Waals surface area contributed by atoms with E-state index in [2.05, 4.69) is 4.98 Å². The van der Waals surface area contributed by atoms with Crippen LogP contribution in [-0.4, -0.2) is 11.0 Å². The van der Waals surface area contributed by atoms with Crippen LogP contribution in [0.3, 0.4) is 0 Å². The Bertz CT molecular complexity index is 282. The zero-order chi connectivity index (χ0) is 9.68. The molecule has 2 N–H and O–H groups in total. The third-order valence-corrected chi connectivity index (χ3v) is 1.43. The van der Waals surface area contributed by atoms with Gasteiger partial charge in [0.25, 0.3) is 0 Å². The van der Waals surface area contributed by atoms with Gasteiger partial charge in [0.15, 0.2) is 0 Å². The van der Waals surface area contributed by atoms with Crippen LogP contribution >= 0.6 is 0 Å². The summed E-state index contributed by atoms with van der Waals surface area (Å²) in [4.78, 5) is 14.8. The number of rotatable bonds is 3. The number of esters is 1. The van der Waals surface area contributed by atoms with Crippen molar-refractivity contribution in [3.8, 4) is 5.88 Å². The monoisotopic (exact) mass is 180 g/mol. The topological polar surface area (TPSA) is 65.2 Å². The summed E-state index contributed by atoms with van der Waals surface area (Å²) in [6, 6.07) is 3.21. The van der Waals surface area contributed by atoms with Gasteiger partial charge in [-0.2, -0.15) is 0 Å². The van der Waals surface area contributed by atoms with E-state index < -0.39 is 0 Å². The van der Waals surface area contributed by atoms with E-state index in [9.17, 15) is 4.79 Å². The number of nitrogen functional groups attached to an aromatic ring is 1. The van der Waals surface area contributed by atoms with Crippen molar-refractivity contribution in [1.82, 2.24) is 4.98 Å². The van der Waals surface area contributed by atoms with Crippen molar-refractivity contribution in [2.24, 2.45) is 0 Å². The fraction of sp³-hybridized carbons (Fsp3) is 0.333. The number of carbonyl (C=O) groups excluding carboxylic acids is 1. The first-order valence-electron chi connectivity index (χ1n) is 4.14. The standard InChI is InChI=1S/C9H12N2O2/c1-2-3-9(12)13-8-5-4-7(10)6-11-8/h4-6H,2-3,10H2,1H3. The molecular weight excluding hydrogens is 168 g/mol. The van der Waals surface area contributed by atoms with Gasteiger partial charge in [0, 0.05) is 12.5 Å². The van der Waals surface area contributed by atoms with E-state index in [1.54, 1.807) is 12.1 Å². The van der Waals surface area contributed by atoms with Crippen LogP contribution < -0.4 is 10.5 Å². The zero-order valence-electron chi connectivity index (χ0n) is 7.49. The Morgan fingerprint density at radius 2 is 2.38 bits per heavy atom. The molecule has 1 heterocycles. The molecule has 4 heteroatoms. The molecule has 70 valence electrons. The Morgan fingerprint density at radius 1 is 1.62 bits per heavy atom. The first-order valence-corrected chi connectivity index (χ1v) is 4.14. The van der Waals surface area contributed by atoms with Crippen LogP contribution in [0.4, 0.5) is 5.69 Å². The van der Waals surface area contributed by atoms with Crippen molar-refractivity contribution in [3.63, 3.8) is 0 Å². The smallest absolute Gasteiger partial charge is 0.312 e. The third kappa shape index (κ3) is 3.11. The highest BCUT2D eigenvalue weighted by Crippen LogP contribution is 2.09. The molecule has 0 spiro atoms. The van der Waals surface area contributed by atoms with Crippen LogP contribution in [0.2, 0.25) is 0 Å². The molecule has 1 aromatic heterocycles. The van der Waals surface area contributed by atoms with Crippen molar-refractivity contribution in [2.75, 3.05) is 5.73 Å². The van der Waals surface area contributed by atoms with Crippen LogP contribution in [0.5, 0.6) is 5.88 Å². The molecule has 0 unspecified atom stereocenters. The highest BCUT2D eigenvalue weighted by atomic mass is 16.5. The molecular formula is C9H12N2O2. The second-order valence-electron chi connectivity index (χ2n) is 2.65. The van der Waals surface area contributed by atoms with Gasteiger partial charge in [-0.1, -0.05) is 6.92 Å². The normalized spacial score (nSPS) is 9.62. The fourth-order valence-corrected chi connectivity index (χ4v) is 0.824.